The first-order valence-corrected chi connectivity index (χ1v) is 12.8. The van der Waals surface area contributed by atoms with E-state index in [4.69, 9.17) is 0 Å². The molecule has 0 spiro atoms. The van der Waals surface area contributed by atoms with Crippen molar-refractivity contribution in [1.82, 2.24) is 9.62 Å². The van der Waals surface area contributed by atoms with E-state index in [1.54, 1.807) is 0 Å². The summed E-state index contributed by atoms with van der Waals surface area (Å²) >= 11 is 1.52. The molecule has 1 unspecified atom stereocenters. The summed E-state index contributed by atoms with van der Waals surface area (Å²) in [6.45, 7) is 3.99. The summed E-state index contributed by atoms with van der Waals surface area (Å²) < 4.78 is 27.3. The third-order valence-corrected chi connectivity index (χ3v) is 8.08. The molecule has 2 N–H and O–H groups in total. The summed E-state index contributed by atoms with van der Waals surface area (Å²) in [7, 11) is -3.57. The second kappa shape index (κ2) is 8.64. The minimum Gasteiger partial charge on any atom is -0.324 e. The van der Waals surface area contributed by atoms with Gasteiger partial charge in [0.1, 0.15) is 6.04 Å². The molecule has 2 aromatic carbocycles. The molecule has 0 bridgehead atoms. The van der Waals surface area contributed by atoms with Crippen LogP contribution in [0.25, 0.3) is 0 Å². The van der Waals surface area contributed by atoms with Crippen molar-refractivity contribution in [2.75, 3.05) is 16.9 Å². The molecular formula is C22H25N3O4S2. The number of anilines is 1. The number of carbonyl (C=O) groups excluding carboxylic acids is 2. The van der Waals surface area contributed by atoms with Gasteiger partial charge in [-0.15, -0.1) is 11.8 Å². The van der Waals surface area contributed by atoms with Crippen LogP contribution in [0, 0.1) is 13.8 Å². The fraction of sp³-hybridized carbons (Fsp3) is 0.364. The highest BCUT2D eigenvalue weighted by Crippen LogP contribution is 2.26. The topological polar surface area (TPSA) is 95.6 Å². The second-order valence-corrected chi connectivity index (χ2v) is 10.7. The molecule has 1 aliphatic heterocycles. The predicted octanol–water partition coefficient (Wildman–Crippen LogP) is 2.90. The Labute approximate surface area is 186 Å². The quantitative estimate of drug-likeness (QED) is 0.693. The number of hydrogen-bond acceptors (Lipinski definition) is 5. The lowest BCUT2D eigenvalue weighted by molar-refractivity contribution is -0.119. The van der Waals surface area contributed by atoms with Crippen molar-refractivity contribution in [3.05, 3.63) is 59.2 Å². The van der Waals surface area contributed by atoms with Crippen molar-refractivity contribution in [3.63, 3.8) is 0 Å². The standard InChI is InChI=1S/C22H25N3O4S2/c1-14-3-6-18(11-15(14)2)23-21(26)20-12-30-13-25(20)22(27)16-4-9-19(10-5-16)31(28,29)24-17-7-8-17/h3-6,9-11,17,20,24H,7-8,12-13H2,1-2H3,(H,23,26). The van der Waals surface area contributed by atoms with Crippen LogP contribution in [0.15, 0.2) is 47.4 Å². The lowest BCUT2D eigenvalue weighted by Gasteiger charge is -2.23. The van der Waals surface area contributed by atoms with Gasteiger partial charge in [-0.3, -0.25) is 9.59 Å². The molecule has 31 heavy (non-hydrogen) atoms. The van der Waals surface area contributed by atoms with Gasteiger partial charge in [0.05, 0.1) is 10.8 Å². The largest absolute Gasteiger partial charge is 0.324 e. The molecular weight excluding hydrogens is 434 g/mol. The molecule has 9 heteroatoms. The van der Waals surface area contributed by atoms with Gasteiger partial charge in [0.2, 0.25) is 15.9 Å². The molecule has 1 aliphatic carbocycles. The van der Waals surface area contributed by atoms with Gasteiger partial charge in [0, 0.05) is 23.0 Å². The van der Waals surface area contributed by atoms with Crippen molar-refractivity contribution in [1.29, 1.82) is 0 Å². The van der Waals surface area contributed by atoms with E-state index in [9.17, 15) is 18.0 Å². The first-order chi connectivity index (χ1) is 14.7. The number of carbonyl (C=O) groups is 2. The number of thioether (sulfide) groups is 1. The van der Waals surface area contributed by atoms with Crippen LogP contribution >= 0.6 is 11.8 Å². The normalized spacial score (nSPS) is 18.8. The zero-order valence-corrected chi connectivity index (χ0v) is 19.1. The summed E-state index contributed by atoms with van der Waals surface area (Å²) in [6, 6.07) is 11.0. The van der Waals surface area contributed by atoms with Crippen LogP contribution in [0.4, 0.5) is 5.69 Å². The summed E-state index contributed by atoms with van der Waals surface area (Å²) in [6.07, 6.45) is 1.71. The van der Waals surface area contributed by atoms with Crippen molar-refractivity contribution in [2.24, 2.45) is 0 Å². The number of hydrogen-bond donors (Lipinski definition) is 2. The smallest absolute Gasteiger partial charge is 0.255 e. The molecule has 0 aromatic heterocycles. The number of aryl methyl sites for hydroxylation is 2. The van der Waals surface area contributed by atoms with Gasteiger partial charge >= 0.3 is 0 Å². The molecule has 2 aromatic rings. The lowest BCUT2D eigenvalue weighted by atomic mass is 10.1. The molecule has 1 saturated carbocycles. The minimum atomic E-state index is -3.57. The number of benzene rings is 2. The third-order valence-electron chi connectivity index (χ3n) is 5.53. The average Bonchev–Trinajstić information content (AvgIpc) is 3.40. The van der Waals surface area contributed by atoms with Crippen LogP contribution in [0.3, 0.4) is 0 Å². The molecule has 7 nitrogen and oxygen atoms in total. The SMILES string of the molecule is Cc1ccc(NC(=O)C2CSCN2C(=O)c2ccc(S(=O)(=O)NC3CC3)cc2)cc1C. The van der Waals surface area contributed by atoms with E-state index >= 15 is 0 Å². The maximum Gasteiger partial charge on any atom is 0.255 e. The molecule has 1 heterocycles. The zero-order chi connectivity index (χ0) is 22.2. The van der Waals surface area contributed by atoms with E-state index in [0.29, 0.717) is 22.9 Å². The number of amides is 2. The molecule has 2 fully saturated rings. The van der Waals surface area contributed by atoms with E-state index in [1.807, 2.05) is 32.0 Å². The molecule has 1 atom stereocenters. The van der Waals surface area contributed by atoms with Crippen LogP contribution < -0.4 is 10.0 Å². The van der Waals surface area contributed by atoms with Gasteiger partial charge in [-0.1, -0.05) is 6.07 Å². The Morgan fingerprint density at radius 1 is 1.03 bits per heavy atom. The fourth-order valence-electron chi connectivity index (χ4n) is 3.34. The molecule has 2 aliphatic rings. The van der Waals surface area contributed by atoms with E-state index in [2.05, 4.69) is 10.0 Å². The van der Waals surface area contributed by atoms with Crippen molar-refractivity contribution >= 4 is 39.3 Å². The van der Waals surface area contributed by atoms with Crippen LogP contribution in [0.2, 0.25) is 0 Å². The second-order valence-electron chi connectivity index (χ2n) is 8.00. The maximum atomic E-state index is 13.0. The van der Waals surface area contributed by atoms with E-state index < -0.39 is 16.1 Å². The summed E-state index contributed by atoms with van der Waals surface area (Å²) in [5.74, 6) is 0.409. The molecule has 0 radical (unpaired) electrons. The van der Waals surface area contributed by atoms with E-state index in [1.165, 1.54) is 40.9 Å². The summed E-state index contributed by atoms with van der Waals surface area (Å²) in [5, 5.41) is 2.91. The highest BCUT2D eigenvalue weighted by Gasteiger charge is 2.35. The number of nitrogens with zero attached hydrogens (tertiary/aromatic N) is 1. The van der Waals surface area contributed by atoms with Gasteiger partial charge in [-0.05, 0) is 74.2 Å². The van der Waals surface area contributed by atoms with Gasteiger partial charge in [0.25, 0.3) is 5.91 Å². The Balaban J connectivity index is 1.45. The predicted molar refractivity (Wildman–Crippen MR) is 122 cm³/mol. The Morgan fingerprint density at radius 3 is 2.39 bits per heavy atom. The van der Waals surface area contributed by atoms with Crippen molar-refractivity contribution in [3.8, 4) is 0 Å². The minimum absolute atomic E-state index is 0.0181. The highest BCUT2D eigenvalue weighted by atomic mass is 32.2. The Morgan fingerprint density at radius 2 is 1.74 bits per heavy atom. The van der Waals surface area contributed by atoms with Crippen LogP contribution in [-0.4, -0.2) is 48.8 Å². The Hall–Kier alpha value is -2.36. The van der Waals surface area contributed by atoms with Gasteiger partial charge < -0.3 is 10.2 Å². The first kappa shape index (κ1) is 21.9. The number of rotatable bonds is 6. The first-order valence-electron chi connectivity index (χ1n) is 10.1. The van der Waals surface area contributed by atoms with Gasteiger partial charge in [-0.2, -0.15) is 0 Å². The summed E-state index contributed by atoms with van der Waals surface area (Å²) in [5.41, 5.74) is 3.29. The fourth-order valence-corrected chi connectivity index (χ4v) is 5.79. The van der Waals surface area contributed by atoms with Gasteiger partial charge in [0.15, 0.2) is 0 Å². The monoisotopic (exact) mass is 459 g/mol. The third kappa shape index (κ3) is 4.94. The maximum absolute atomic E-state index is 13.0. The van der Waals surface area contributed by atoms with Crippen LogP contribution in [0.5, 0.6) is 0 Å². The summed E-state index contributed by atoms with van der Waals surface area (Å²) in [4.78, 5) is 27.5. The molecule has 164 valence electrons. The average molecular weight is 460 g/mol. The van der Waals surface area contributed by atoms with Crippen molar-refractivity contribution < 1.29 is 18.0 Å². The molecule has 4 rings (SSSR count). The van der Waals surface area contributed by atoms with E-state index in [0.717, 1.165) is 24.0 Å². The zero-order valence-electron chi connectivity index (χ0n) is 17.4. The number of nitrogens with one attached hydrogen (secondary N) is 2. The highest BCUT2D eigenvalue weighted by molar-refractivity contribution is 7.99. The van der Waals surface area contributed by atoms with Gasteiger partial charge in [-0.25, -0.2) is 13.1 Å². The Kier molecular flexibility index (Phi) is 6.09. The van der Waals surface area contributed by atoms with E-state index in [-0.39, 0.29) is 22.8 Å². The van der Waals surface area contributed by atoms with Crippen LogP contribution in [-0.2, 0) is 14.8 Å². The Bertz CT molecular complexity index is 1110. The molecule has 1 saturated heterocycles. The lowest BCUT2D eigenvalue weighted by Crippen LogP contribution is -2.44. The number of sulfonamides is 1. The molecule has 2 amide bonds. The van der Waals surface area contributed by atoms with Crippen LogP contribution in [0.1, 0.15) is 34.3 Å². The van der Waals surface area contributed by atoms with Crippen molar-refractivity contribution in [2.45, 2.75) is 43.7 Å².